The lowest BCUT2D eigenvalue weighted by atomic mass is 10.1. The van der Waals surface area contributed by atoms with Crippen LogP contribution >= 0.6 is 11.3 Å². The van der Waals surface area contributed by atoms with Gasteiger partial charge in [-0.2, -0.15) is 0 Å². The molecule has 1 aromatic heterocycles. The van der Waals surface area contributed by atoms with E-state index in [9.17, 15) is 14.4 Å². The molecule has 1 atom stereocenters. The van der Waals surface area contributed by atoms with Crippen molar-refractivity contribution in [2.45, 2.75) is 57.5 Å². The van der Waals surface area contributed by atoms with Gasteiger partial charge in [0.25, 0.3) is 0 Å². The molecule has 2 N–H and O–H groups in total. The Hall–Kier alpha value is -1.96. The second kappa shape index (κ2) is 7.95. The third kappa shape index (κ3) is 4.36. The molecule has 2 aliphatic rings. The molecule has 1 saturated heterocycles. The zero-order valence-corrected chi connectivity index (χ0v) is 14.9. The Morgan fingerprint density at radius 2 is 2.00 bits per heavy atom. The highest BCUT2D eigenvalue weighted by Crippen LogP contribution is 2.28. The minimum absolute atomic E-state index is 0.00941. The van der Waals surface area contributed by atoms with Crippen molar-refractivity contribution in [1.82, 2.24) is 15.2 Å². The summed E-state index contributed by atoms with van der Waals surface area (Å²) in [6, 6.07) is 0.282. The molecule has 25 heavy (non-hydrogen) atoms. The van der Waals surface area contributed by atoms with Crippen LogP contribution in [0.5, 0.6) is 0 Å². The first-order chi connectivity index (χ1) is 12.0. The van der Waals surface area contributed by atoms with Crippen molar-refractivity contribution in [2.24, 2.45) is 5.92 Å². The molecule has 1 saturated carbocycles. The number of hydrogen-bond acceptors (Lipinski definition) is 5. The molecule has 1 aromatic rings. The molecule has 2 heterocycles. The number of likely N-dealkylation sites (tertiary alicyclic amines) is 1. The van der Waals surface area contributed by atoms with Gasteiger partial charge in [-0.25, -0.2) is 9.78 Å². The maximum absolute atomic E-state index is 12.4. The summed E-state index contributed by atoms with van der Waals surface area (Å²) in [5.41, 5.74) is -0.00941. The number of nitrogens with zero attached hydrogens (tertiary/aromatic N) is 2. The smallest absolute Gasteiger partial charge is 0.355 e. The van der Waals surface area contributed by atoms with Crippen LogP contribution in [0.4, 0.5) is 0 Å². The van der Waals surface area contributed by atoms with E-state index < -0.39 is 5.97 Å². The molecule has 3 rings (SSSR count). The monoisotopic (exact) mass is 365 g/mol. The number of thiazole rings is 1. The number of aromatic nitrogens is 1. The van der Waals surface area contributed by atoms with E-state index in [0.29, 0.717) is 11.6 Å². The third-order valence-electron chi connectivity index (χ3n) is 4.98. The molecule has 1 aliphatic carbocycles. The molecule has 7 nitrogen and oxygen atoms in total. The van der Waals surface area contributed by atoms with Crippen molar-refractivity contribution >= 4 is 29.1 Å². The van der Waals surface area contributed by atoms with Gasteiger partial charge in [0.2, 0.25) is 11.8 Å². The van der Waals surface area contributed by atoms with E-state index in [1.165, 1.54) is 29.6 Å². The quantitative estimate of drug-likeness (QED) is 0.778. The Bertz CT molecular complexity index is 652. The van der Waals surface area contributed by atoms with Crippen molar-refractivity contribution in [3.8, 4) is 0 Å². The minimum atomic E-state index is -1.07. The fourth-order valence-corrected chi connectivity index (χ4v) is 4.33. The molecule has 0 radical (unpaired) electrons. The van der Waals surface area contributed by atoms with Crippen molar-refractivity contribution in [3.05, 3.63) is 16.1 Å². The lowest BCUT2D eigenvalue weighted by Gasteiger charge is -2.27. The van der Waals surface area contributed by atoms with E-state index in [0.717, 1.165) is 25.7 Å². The van der Waals surface area contributed by atoms with Gasteiger partial charge in [0, 0.05) is 24.4 Å². The van der Waals surface area contributed by atoms with Gasteiger partial charge in [-0.15, -0.1) is 11.3 Å². The van der Waals surface area contributed by atoms with Gasteiger partial charge < -0.3 is 15.3 Å². The number of nitrogens with one attached hydrogen (secondary N) is 1. The molecular formula is C17H23N3O4S. The Morgan fingerprint density at radius 3 is 2.64 bits per heavy atom. The molecule has 0 aromatic carbocycles. The second-order valence-electron chi connectivity index (χ2n) is 6.74. The maximum Gasteiger partial charge on any atom is 0.355 e. The molecule has 0 unspecified atom stereocenters. The van der Waals surface area contributed by atoms with Crippen LogP contribution in [0.1, 0.15) is 60.4 Å². The number of carboxylic acid groups (broad SMARTS) is 1. The van der Waals surface area contributed by atoms with Crippen LogP contribution in [-0.2, 0) is 16.1 Å². The normalized spacial score (nSPS) is 22.0. The number of amides is 2. The fourth-order valence-electron chi connectivity index (χ4n) is 3.63. The van der Waals surface area contributed by atoms with Crippen molar-refractivity contribution in [3.63, 3.8) is 0 Å². The first kappa shape index (κ1) is 17.8. The number of carbonyl (C=O) groups is 3. The van der Waals surface area contributed by atoms with E-state index in [1.807, 2.05) is 4.90 Å². The van der Waals surface area contributed by atoms with Crippen LogP contribution < -0.4 is 5.32 Å². The predicted molar refractivity (Wildman–Crippen MR) is 92.2 cm³/mol. The van der Waals surface area contributed by atoms with Crippen molar-refractivity contribution < 1.29 is 19.5 Å². The van der Waals surface area contributed by atoms with Crippen LogP contribution in [0.3, 0.4) is 0 Å². The standard InChI is InChI=1S/C17H23N3O4S/c21-15-7-11(9-20(15)12-5-3-1-2-4-6-12)16(22)18-8-14-19-13(10-25-14)17(23)24/h10-12H,1-9H2,(H,18,22)(H,23,24)/t11-/m1/s1. The molecular weight excluding hydrogens is 342 g/mol. The highest BCUT2D eigenvalue weighted by molar-refractivity contribution is 7.09. The summed E-state index contributed by atoms with van der Waals surface area (Å²) in [6.07, 6.45) is 7.11. The molecule has 8 heteroatoms. The van der Waals surface area contributed by atoms with Gasteiger partial charge in [0.15, 0.2) is 5.69 Å². The van der Waals surface area contributed by atoms with Crippen LogP contribution in [0.15, 0.2) is 5.38 Å². The van der Waals surface area contributed by atoms with Crippen molar-refractivity contribution in [1.29, 1.82) is 0 Å². The topological polar surface area (TPSA) is 99.6 Å². The third-order valence-corrected chi connectivity index (χ3v) is 5.83. The van der Waals surface area contributed by atoms with Gasteiger partial charge in [-0.3, -0.25) is 9.59 Å². The van der Waals surface area contributed by atoms with Gasteiger partial charge in [0.1, 0.15) is 5.01 Å². The predicted octanol–water partition coefficient (Wildman–Crippen LogP) is 2.03. The summed E-state index contributed by atoms with van der Waals surface area (Å²) in [6.45, 7) is 0.693. The van der Waals surface area contributed by atoms with Gasteiger partial charge in [0.05, 0.1) is 12.5 Å². The maximum atomic E-state index is 12.4. The molecule has 1 aliphatic heterocycles. The van der Waals surface area contributed by atoms with Gasteiger partial charge in [-0.1, -0.05) is 25.7 Å². The first-order valence-corrected chi connectivity index (χ1v) is 9.67. The minimum Gasteiger partial charge on any atom is -0.476 e. The van der Waals surface area contributed by atoms with Crippen LogP contribution in [0.2, 0.25) is 0 Å². The summed E-state index contributed by atoms with van der Waals surface area (Å²) < 4.78 is 0. The SMILES string of the molecule is O=C(O)c1csc(CNC(=O)[C@@H]2CC(=O)N(C3CCCCCC3)C2)n1. The van der Waals surface area contributed by atoms with Crippen LogP contribution in [0, 0.1) is 5.92 Å². The second-order valence-corrected chi connectivity index (χ2v) is 7.68. The van der Waals surface area contributed by atoms with Crippen LogP contribution in [-0.4, -0.2) is 45.4 Å². The average Bonchev–Trinajstić information content (AvgIpc) is 3.12. The molecule has 0 spiro atoms. The highest BCUT2D eigenvalue weighted by atomic mass is 32.1. The number of rotatable bonds is 5. The molecule has 2 fully saturated rings. The van der Waals surface area contributed by atoms with Gasteiger partial charge in [-0.05, 0) is 12.8 Å². The largest absolute Gasteiger partial charge is 0.476 e. The molecule has 0 bridgehead atoms. The van der Waals surface area contributed by atoms with Crippen molar-refractivity contribution in [2.75, 3.05) is 6.54 Å². The number of aromatic carboxylic acids is 1. The zero-order chi connectivity index (χ0) is 17.8. The lowest BCUT2D eigenvalue weighted by molar-refractivity contribution is -0.130. The summed E-state index contributed by atoms with van der Waals surface area (Å²) in [7, 11) is 0. The average molecular weight is 365 g/mol. The summed E-state index contributed by atoms with van der Waals surface area (Å²) >= 11 is 1.20. The lowest BCUT2D eigenvalue weighted by Crippen LogP contribution is -2.38. The number of carboxylic acids is 1. The van der Waals surface area contributed by atoms with E-state index in [4.69, 9.17) is 5.11 Å². The van der Waals surface area contributed by atoms with Gasteiger partial charge >= 0.3 is 5.97 Å². The highest BCUT2D eigenvalue weighted by Gasteiger charge is 2.37. The van der Waals surface area contributed by atoms with E-state index >= 15 is 0 Å². The Labute approximate surface area is 150 Å². The van der Waals surface area contributed by atoms with E-state index in [2.05, 4.69) is 10.3 Å². The summed E-state index contributed by atoms with van der Waals surface area (Å²) in [4.78, 5) is 41.4. The molecule has 136 valence electrons. The van der Waals surface area contributed by atoms with Crippen LogP contribution in [0.25, 0.3) is 0 Å². The Balaban J connectivity index is 1.52. The number of hydrogen-bond donors (Lipinski definition) is 2. The number of carbonyl (C=O) groups excluding carboxylic acids is 2. The fraction of sp³-hybridized carbons (Fsp3) is 0.647. The first-order valence-electron chi connectivity index (χ1n) is 8.79. The summed E-state index contributed by atoms with van der Waals surface area (Å²) in [5, 5.41) is 13.7. The Kier molecular flexibility index (Phi) is 5.67. The van der Waals surface area contributed by atoms with E-state index in [-0.39, 0.29) is 42.4 Å². The summed E-state index contributed by atoms with van der Waals surface area (Å²) in [5.74, 6) is -1.48. The Morgan fingerprint density at radius 1 is 1.28 bits per heavy atom. The zero-order valence-electron chi connectivity index (χ0n) is 14.1. The molecule has 2 amide bonds. The van der Waals surface area contributed by atoms with E-state index in [1.54, 1.807) is 0 Å².